The van der Waals surface area contributed by atoms with Crippen LogP contribution in [-0.2, 0) is 6.54 Å². The Morgan fingerprint density at radius 1 is 1.44 bits per heavy atom. The number of oxime groups is 1. The number of nitrogens with zero attached hydrogens (tertiary/aromatic N) is 1. The summed E-state index contributed by atoms with van der Waals surface area (Å²) >= 11 is 0. The first-order chi connectivity index (χ1) is 8.37. The van der Waals surface area contributed by atoms with Gasteiger partial charge in [0.15, 0.2) is 5.84 Å². The fraction of sp³-hybridized carbons (Fsp3) is 0.462. The largest absolute Gasteiger partial charge is 0.496 e. The van der Waals surface area contributed by atoms with Crippen molar-refractivity contribution in [2.24, 2.45) is 10.9 Å². The zero-order valence-corrected chi connectivity index (χ0v) is 11.3. The van der Waals surface area contributed by atoms with Gasteiger partial charge in [-0.3, -0.25) is 0 Å². The minimum Gasteiger partial charge on any atom is -0.496 e. The molecule has 0 aliphatic heterocycles. The van der Waals surface area contributed by atoms with Crippen LogP contribution in [0.25, 0.3) is 0 Å². The number of benzene rings is 1. The van der Waals surface area contributed by atoms with Crippen molar-refractivity contribution in [3.63, 3.8) is 0 Å². The van der Waals surface area contributed by atoms with E-state index in [1.165, 1.54) is 0 Å². The Morgan fingerprint density at radius 2 is 2.11 bits per heavy atom. The van der Waals surface area contributed by atoms with Crippen LogP contribution in [-0.4, -0.2) is 23.7 Å². The average molecular weight is 251 g/mol. The van der Waals surface area contributed by atoms with Crippen LogP contribution in [0, 0.1) is 0 Å². The summed E-state index contributed by atoms with van der Waals surface area (Å²) in [5.74, 6) is 0.634. The maximum Gasteiger partial charge on any atom is 0.173 e. The summed E-state index contributed by atoms with van der Waals surface area (Å²) in [5.41, 5.74) is 7.30. The molecule has 0 fully saturated rings. The summed E-state index contributed by atoms with van der Waals surface area (Å²) in [4.78, 5) is 0. The molecule has 0 unspecified atom stereocenters. The molecule has 5 heteroatoms. The molecular weight excluding hydrogens is 230 g/mol. The van der Waals surface area contributed by atoms with E-state index in [4.69, 9.17) is 15.7 Å². The molecule has 0 atom stereocenters. The Balaban J connectivity index is 2.96. The number of nitrogens with two attached hydrogens (primary N) is 1. The smallest absolute Gasteiger partial charge is 0.173 e. The molecule has 5 nitrogen and oxygen atoms in total. The van der Waals surface area contributed by atoms with E-state index in [2.05, 4.69) is 31.2 Å². The summed E-state index contributed by atoms with van der Waals surface area (Å²) in [7, 11) is 1.55. The summed E-state index contributed by atoms with van der Waals surface area (Å²) in [6.45, 7) is 7.00. The van der Waals surface area contributed by atoms with Crippen molar-refractivity contribution in [3.05, 3.63) is 29.3 Å². The molecule has 1 aromatic rings. The molecule has 0 radical (unpaired) electrons. The van der Waals surface area contributed by atoms with Crippen LogP contribution < -0.4 is 15.8 Å². The lowest BCUT2D eigenvalue weighted by atomic mass is 10.1. The summed E-state index contributed by atoms with van der Waals surface area (Å²) in [6, 6.07) is 5.62. The SMILES string of the molecule is COc1ccc(CNC(C)(C)C)cc1C(N)=NO. The first-order valence-corrected chi connectivity index (χ1v) is 5.77. The summed E-state index contributed by atoms with van der Waals surface area (Å²) in [5, 5.41) is 15.1. The van der Waals surface area contributed by atoms with Crippen molar-refractivity contribution < 1.29 is 9.94 Å². The van der Waals surface area contributed by atoms with Crippen molar-refractivity contribution in [2.45, 2.75) is 32.9 Å². The van der Waals surface area contributed by atoms with Gasteiger partial charge in [0.25, 0.3) is 0 Å². The highest BCUT2D eigenvalue weighted by molar-refractivity contribution is 5.99. The van der Waals surface area contributed by atoms with E-state index in [0.29, 0.717) is 17.9 Å². The molecule has 0 saturated carbocycles. The molecule has 0 aliphatic carbocycles. The number of ether oxygens (including phenoxy) is 1. The van der Waals surface area contributed by atoms with Gasteiger partial charge in [0.2, 0.25) is 0 Å². The molecule has 1 aromatic carbocycles. The molecule has 18 heavy (non-hydrogen) atoms. The number of nitrogens with one attached hydrogen (secondary N) is 1. The van der Waals surface area contributed by atoms with Gasteiger partial charge in [-0.05, 0) is 38.5 Å². The Hall–Kier alpha value is -1.75. The lowest BCUT2D eigenvalue weighted by Gasteiger charge is -2.21. The molecule has 0 bridgehead atoms. The minimum absolute atomic E-state index is 0.0384. The Morgan fingerprint density at radius 3 is 2.61 bits per heavy atom. The first-order valence-electron chi connectivity index (χ1n) is 5.77. The van der Waals surface area contributed by atoms with E-state index >= 15 is 0 Å². The third-order valence-electron chi connectivity index (χ3n) is 2.47. The quantitative estimate of drug-likeness (QED) is 0.329. The predicted molar refractivity (Wildman–Crippen MR) is 72.1 cm³/mol. The van der Waals surface area contributed by atoms with Crippen molar-refractivity contribution in [1.29, 1.82) is 0 Å². The monoisotopic (exact) mass is 251 g/mol. The van der Waals surface area contributed by atoms with Gasteiger partial charge in [-0.15, -0.1) is 0 Å². The summed E-state index contributed by atoms with van der Waals surface area (Å²) < 4.78 is 5.18. The molecule has 4 N–H and O–H groups in total. The lowest BCUT2D eigenvalue weighted by molar-refractivity contribution is 0.318. The van der Waals surface area contributed by atoms with E-state index in [0.717, 1.165) is 5.56 Å². The fourth-order valence-electron chi connectivity index (χ4n) is 1.49. The third kappa shape index (κ3) is 3.92. The van der Waals surface area contributed by atoms with E-state index in [1.54, 1.807) is 7.11 Å². The Kier molecular flexibility index (Phi) is 4.55. The second kappa shape index (κ2) is 5.73. The van der Waals surface area contributed by atoms with Crippen LogP contribution in [0.2, 0.25) is 0 Å². The van der Waals surface area contributed by atoms with E-state index in [-0.39, 0.29) is 11.4 Å². The average Bonchev–Trinajstić information content (AvgIpc) is 2.34. The standard InChI is InChI=1S/C13H21N3O2/c1-13(2,3)15-8-9-5-6-11(18-4)10(7-9)12(14)16-17/h5-7,15,17H,8H2,1-4H3,(H2,14,16). The lowest BCUT2D eigenvalue weighted by Crippen LogP contribution is -2.35. The van der Waals surface area contributed by atoms with Gasteiger partial charge in [-0.2, -0.15) is 0 Å². The van der Waals surface area contributed by atoms with Crippen LogP contribution in [0.1, 0.15) is 31.9 Å². The van der Waals surface area contributed by atoms with Gasteiger partial charge in [0, 0.05) is 12.1 Å². The fourth-order valence-corrected chi connectivity index (χ4v) is 1.49. The zero-order chi connectivity index (χ0) is 13.8. The Labute approximate surface area is 108 Å². The highest BCUT2D eigenvalue weighted by Crippen LogP contribution is 2.20. The molecule has 0 heterocycles. The van der Waals surface area contributed by atoms with Crippen LogP contribution >= 0.6 is 0 Å². The molecule has 0 aromatic heterocycles. The number of amidine groups is 1. The van der Waals surface area contributed by atoms with Gasteiger partial charge in [0.05, 0.1) is 12.7 Å². The minimum atomic E-state index is 0.0384. The molecular formula is C13H21N3O2. The van der Waals surface area contributed by atoms with Crippen LogP contribution in [0.5, 0.6) is 5.75 Å². The number of hydrogen-bond acceptors (Lipinski definition) is 4. The number of rotatable bonds is 4. The van der Waals surface area contributed by atoms with Crippen molar-refractivity contribution in [3.8, 4) is 5.75 Å². The predicted octanol–water partition coefficient (Wildman–Crippen LogP) is 1.68. The normalized spacial score (nSPS) is 12.6. The zero-order valence-electron chi connectivity index (χ0n) is 11.3. The van der Waals surface area contributed by atoms with Crippen LogP contribution in [0.3, 0.4) is 0 Å². The van der Waals surface area contributed by atoms with Gasteiger partial charge in [0.1, 0.15) is 5.75 Å². The van der Waals surface area contributed by atoms with E-state index in [9.17, 15) is 0 Å². The molecule has 1 rings (SSSR count). The maximum atomic E-state index is 8.75. The van der Waals surface area contributed by atoms with Crippen LogP contribution in [0.4, 0.5) is 0 Å². The van der Waals surface area contributed by atoms with Gasteiger partial charge < -0.3 is 21.0 Å². The molecule has 0 amide bonds. The third-order valence-corrected chi connectivity index (χ3v) is 2.47. The Bertz CT molecular complexity index is 436. The van der Waals surface area contributed by atoms with Gasteiger partial charge >= 0.3 is 0 Å². The molecule has 0 spiro atoms. The molecule has 100 valence electrons. The highest BCUT2D eigenvalue weighted by Gasteiger charge is 2.11. The molecule has 0 saturated heterocycles. The second-order valence-corrected chi connectivity index (χ2v) is 5.12. The number of hydrogen-bond donors (Lipinski definition) is 3. The first kappa shape index (κ1) is 14.3. The van der Waals surface area contributed by atoms with E-state index < -0.39 is 0 Å². The number of methoxy groups -OCH3 is 1. The van der Waals surface area contributed by atoms with Crippen molar-refractivity contribution in [1.82, 2.24) is 5.32 Å². The van der Waals surface area contributed by atoms with E-state index in [1.807, 2.05) is 18.2 Å². The summed E-state index contributed by atoms with van der Waals surface area (Å²) in [6.07, 6.45) is 0. The maximum absolute atomic E-state index is 8.75. The molecule has 0 aliphatic rings. The van der Waals surface area contributed by atoms with Gasteiger partial charge in [-0.25, -0.2) is 0 Å². The topological polar surface area (TPSA) is 79.9 Å². The second-order valence-electron chi connectivity index (χ2n) is 5.12. The van der Waals surface area contributed by atoms with Crippen molar-refractivity contribution >= 4 is 5.84 Å². The van der Waals surface area contributed by atoms with Gasteiger partial charge in [-0.1, -0.05) is 11.2 Å². The highest BCUT2D eigenvalue weighted by atomic mass is 16.5. The van der Waals surface area contributed by atoms with Crippen molar-refractivity contribution in [2.75, 3.05) is 7.11 Å². The van der Waals surface area contributed by atoms with Crippen LogP contribution in [0.15, 0.2) is 23.4 Å².